The van der Waals surface area contributed by atoms with Crippen LogP contribution in [0.3, 0.4) is 0 Å². The first-order chi connectivity index (χ1) is 11.0. The maximum Gasteiger partial charge on any atom is 0.194 e. The summed E-state index contributed by atoms with van der Waals surface area (Å²) in [5.41, 5.74) is 3.50. The minimum Gasteiger partial charge on any atom is -0.345 e. The van der Waals surface area contributed by atoms with Gasteiger partial charge in [0.15, 0.2) is 24.0 Å². The summed E-state index contributed by atoms with van der Waals surface area (Å²) in [6, 6.07) is 9.75. The van der Waals surface area contributed by atoms with Gasteiger partial charge in [0.25, 0.3) is 0 Å². The third-order valence-electron chi connectivity index (χ3n) is 3.79. The molecule has 2 aliphatic rings. The summed E-state index contributed by atoms with van der Waals surface area (Å²) in [4.78, 5) is 12.1. The highest BCUT2D eigenvalue weighted by Crippen LogP contribution is 2.39. The SMILES string of the molecule is C=C=CC(=O)[C@H]1O[C@H](OCc2ccccc2)[C@H]2OC(C)(C)O[C@H]21. The van der Waals surface area contributed by atoms with Gasteiger partial charge in [-0.1, -0.05) is 36.9 Å². The van der Waals surface area contributed by atoms with Gasteiger partial charge in [-0.2, -0.15) is 0 Å². The number of hydrogen-bond acceptors (Lipinski definition) is 5. The van der Waals surface area contributed by atoms with Crippen molar-refractivity contribution in [1.29, 1.82) is 0 Å². The first kappa shape index (κ1) is 16.1. The Morgan fingerprint density at radius 1 is 1.30 bits per heavy atom. The van der Waals surface area contributed by atoms with E-state index in [1.165, 1.54) is 6.08 Å². The lowest BCUT2D eigenvalue weighted by molar-refractivity contribution is -0.233. The third kappa shape index (κ3) is 3.44. The van der Waals surface area contributed by atoms with Crippen molar-refractivity contribution in [1.82, 2.24) is 0 Å². The lowest BCUT2D eigenvalue weighted by Crippen LogP contribution is -2.34. The van der Waals surface area contributed by atoms with Gasteiger partial charge in [-0.15, -0.1) is 5.73 Å². The highest BCUT2D eigenvalue weighted by atomic mass is 16.8. The number of carbonyl (C=O) groups is 1. The minimum absolute atomic E-state index is 0.248. The molecule has 0 aromatic heterocycles. The fourth-order valence-corrected chi connectivity index (χ4v) is 2.86. The van der Waals surface area contributed by atoms with Gasteiger partial charge in [0.05, 0.1) is 6.61 Å². The first-order valence-corrected chi connectivity index (χ1v) is 7.56. The summed E-state index contributed by atoms with van der Waals surface area (Å²) in [5, 5.41) is 0. The summed E-state index contributed by atoms with van der Waals surface area (Å²) < 4.78 is 23.2. The molecular formula is C18H20O5. The largest absolute Gasteiger partial charge is 0.345 e. The normalized spacial score (nSPS) is 31.4. The molecule has 122 valence electrons. The van der Waals surface area contributed by atoms with Gasteiger partial charge < -0.3 is 18.9 Å². The minimum atomic E-state index is -0.774. The van der Waals surface area contributed by atoms with E-state index in [4.69, 9.17) is 18.9 Å². The molecule has 0 aliphatic carbocycles. The van der Waals surface area contributed by atoms with E-state index in [9.17, 15) is 4.79 Å². The predicted octanol–water partition coefficient (Wildman–Crippen LogP) is 2.36. The molecule has 0 spiro atoms. The fraction of sp³-hybridized carbons (Fsp3) is 0.444. The van der Waals surface area contributed by atoms with E-state index in [-0.39, 0.29) is 5.78 Å². The molecule has 2 aliphatic heterocycles. The van der Waals surface area contributed by atoms with E-state index in [0.717, 1.165) is 5.56 Å². The van der Waals surface area contributed by atoms with E-state index < -0.39 is 30.4 Å². The molecule has 1 aromatic rings. The molecule has 2 saturated heterocycles. The summed E-state index contributed by atoms with van der Waals surface area (Å²) >= 11 is 0. The fourth-order valence-electron chi connectivity index (χ4n) is 2.86. The number of ketones is 1. The highest BCUT2D eigenvalue weighted by Gasteiger charge is 2.57. The van der Waals surface area contributed by atoms with Crippen LogP contribution in [0.25, 0.3) is 0 Å². The van der Waals surface area contributed by atoms with Crippen molar-refractivity contribution in [3.63, 3.8) is 0 Å². The summed E-state index contributed by atoms with van der Waals surface area (Å²) in [6.45, 7) is 7.41. The van der Waals surface area contributed by atoms with Crippen LogP contribution in [0.2, 0.25) is 0 Å². The number of hydrogen-bond donors (Lipinski definition) is 0. The average Bonchev–Trinajstić information content (AvgIpc) is 3.00. The Balaban J connectivity index is 1.73. The van der Waals surface area contributed by atoms with Crippen molar-refractivity contribution >= 4 is 5.78 Å². The smallest absolute Gasteiger partial charge is 0.194 e. The molecule has 0 amide bonds. The summed E-state index contributed by atoms with van der Waals surface area (Å²) in [5.74, 6) is -1.02. The van der Waals surface area contributed by atoms with Crippen molar-refractivity contribution in [2.24, 2.45) is 0 Å². The van der Waals surface area contributed by atoms with Crippen molar-refractivity contribution in [3.05, 3.63) is 54.3 Å². The quantitative estimate of drug-likeness (QED) is 0.616. The Labute approximate surface area is 135 Å². The Hall–Kier alpha value is -1.75. The molecule has 0 unspecified atom stereocenters. The number of fused-ring (bicyclic) bond motifs is 1. The van der Waals surface area contributed by atoms with Crippen molar-refractivity contribution in [3.8, 4) is 0 Å². The van der Waals surface area contributed by atoms with Crippen LogP contribution < -0.4 is 0 Å². The van der Waals surface area contributed by atoms with Crippen LogP contribution in [0.5, 0.6) is 0 Å². The van der Waals surface area contributed by atoms with Crippen LogP contribution >= 0.6 is 0 Å². The Morgan fingerprint density at radius 3 is 2.70 bits per heavy atom. The van der Waals surface area contributed by atoms with E-state index in [1.54, 1.807) is 0 Å². The van der Waals surface area contributed by atoms with Gasteiger partial charge in [-0.25, -0.2) is 0 Å². The molecule has 0 N–H and O–H groups in total. The Morgan fingerprint density at radius 2 is 2.00 bits per heavy atom. The zero-order chi connectivity index (χ0) is 16.4. The van der Waals surface area contributed by atoms with Crippen LogP contribution in [0, 0.1) is 0 Å². The van der Waals surface area contributed by atoms with Crippen LogP contribution in [0.1, 0.15) is 19.4 Å². The Bertz CT molecular complexity index is 618. The molecule has 5 nitrogen and oxygen atoms in total. The van der Waals surface area contributed by atoms with Gasteiger partial charge in [-0.3, -0.25) is 4.79 Å². The summed E-state index contributed by atoms with van der Waals surface area (Å²) in [7, 11) is 0. The van der Waals surface area contributed by atoms with Crippen LogP contribution in [-0.2, 0) is 30.3 Å². The molecule has 4 atom stereocenters. The second kappa shape index (κ2) is 6.40. The predicted molar refractivity (Wildman–Crippen MR) is 82.4 cm³/mol. The standard InChI is InChI=1S/C18H20O5/c1-4-8-13(19)14-15-16(23-18(2,3)22-15)17(21-14)20-11-12-9-6-5-7-10-12/h5-10,14-17H,1,11H2,2-3H3/t14-,15+,16+,17+/m1/s1. The molecule has 23 heavy (non-hydrogen) atoms. The lowest BCUT2D eigenvalue weighted by Gasteiger charge is -2.23. The number of rotatable bonds is 5. The van der Waals surface area contributed by atoms with Crippen LogP contribution in [-0.4, -0.2) is 36.2 Å². The van der Waals surface area contributed by atoms with E-state index in [1.807, 2.05) is 44.2 Å². The molecule has 1 aromatic carbocycles. The molecule has 0 saturated carbocycles. The van der Waals surface area contributed by atoms with Gasteiger partial charge >= 0.3 is 0 Å². The topological polar surface area (TPSA) is 54.0 Å². The van der Waals surface area contributed by atoms with E-state index in [2.05, 4.69) is 12.3 Å². The van der Waals surface area contributed by atoms with Crippen molar-refractivity contribution in [2.75, 3.05) is 0 Å². The molecule has 3 rings (SSSR count). The van der Waals surface area contributed by atoms with E-state index in [0.29, 0.717) is 6.61 Å². The molecule has 2 fully saturated rings. The maximum atomic E-state index is 12.1. The highest BCUT2D eigenvalue weighted by molar-refractivity contribution is 5.94. The van der Waals surface area contributed by atoms with Crippen molar-refractivity contribution < 1.29 is 23.7 Å². The lowest BCUT2D eigenvalue weighted by atomic mass is 10.1. The van der Waals surface area contributed by atoms with Crippen molar-refractivity contribution in [2.45, 2.75) is 50.8 Å². The summed E-state index contributed by atoms with van der Waals surface area (Å²) in [6.07, 6.45) is -1.11. The maximum absolute atomic E-state index is 12.1. The molecule has 0 bridgehead atoms. The zero-order valence-corrected chi connectivity index (χ0v) is 13.2. The first-order valence-electron chi connectivity index (χ1n) is 7.56. The van der Waals surface area contributed by atoms with Gasteiger partial charge in [0.1, 0.15) is 12.2 Å². The van der Waals surface area contributed by atoms with Gasteiger partial charge in [0.2, 0.25) is 0 Å². The van der Waals surface area contributed by atoms with Crippen LogP contribution in [0.15, 0.2) is 48.7 Å². The van der Waals surface area contributed by atoms with Gasteiger partial charge in [0, 0.05) is 6.08 Å². The van der Waals surface area contributed by atoms with Gasteiger partial charge in [-0.05, 0) is 19.4 Å². The second-order valence-corrected chi connectivity index (χ2v) is 6.04. The number of carbonyl (C=O) groups excluding carboxylic acids is 1. The van der Waals surface area contributed by atoms with Crippen LogP contribution in [0.4, 0.5) is 0 Å². The third-order valence-corrected chi connectivity index (χ3v) is 3.79. The molecule has 5 heteroatoms. The monoisotopic (exact) mass is 316 g/mol. The zero-order valence-electron chi connectivity index (χ0n) is 13.2. The molecule has 0 radical (unpaired) electrons. The molecular weight excluding hydrogens is 296 g/mol. The van der Waals surface area contributed by atoms with E-state index >= 15 is 0 Å². The molecule has 2 heterocycles. The Kier molecular flexibility index (Phi) is 4.48. The average molecular weight is 316 g/mol. The second-order valence-electron chi connectivity index (χ2n) is 6.04. The number of benzene rings is 1. The number of ether oxygens (including phenoxy) is 4.